The van der Waals surface area contributed by atoms with Gasteiger partial charge in [-0.2, -0.15) is 0 Å². The number of nitrogens with one attached hydrogen (secondary N) is 2. The van der Waals surface area contributed by atoms with Crippen LogP contribution in [0.5, 0.6) is 5.75 Å². The van der Waals surface area contributed by atoms with Gasteiger partial charge in [-0.1, -0.05) is 6.07 Å². The summed E-state index contributed by atoms with van der Waals surface area (Å²) in [6, 6.07) is 6.53. The first-order valence-electron chi connectivity index (χ1n) is 9.83. The second-order valence-corrected chi connectivity index (χ2v) is 7.32. The van der Waals surface area contributed by atoms with E-state index >= 15 is 0 Å². The van der Waals surface area contributed by atoms with Crippen LogP contribution < -0.4 is 15.4 Å². The van der Waals surface area contributed by atoms with E-state index in [2.05, 4.69) is 10.6 Å². The lowest BCUT2D eigenvalue weighted by Crippen LogP contribution is -2.58. The van der Waals surface area contributed by atoms with Crippen molar-refractivity contribution < 1.29 is 28.9 Å². The summed E-state index contributed by atoms with van der Waals surface area (Å²) in [6.45, 7) is 0.519. The molecule has 0 unspecified atom stereocenters. The highest BCUT2D eigenvalue weighted by Gasteiger charge is 2.40. The quantitative estimate of drug-likeness (QED) is 0.686. The lowest BCUT2D eigenvalue weighted by Gasteiger charge is -2.44. The van der Waals surface area contributed by atoms with Crippen molar-refractivity contribution >= 4 is 17.6 Å². The van der Waals surface area contributed by atoms with E-state index in [-0.39, 0.29) is 56.4 Å². The Bertz CT molecular complexity index is 715. The number of amides is 3. The molecule has 2 fully saturated rings. The number of hydrogen-bond acceptors (Lipinski definition) is 6. The van der Waals surface area contributed by atoms with Crippen molar-refractivity contribution in [2.24, 2.45) is 0 Å². The average molecular weight is 407 g/mol. The Morgan fingerprint density at radius 2 is 2.14 bits per heavy atom. The molecule has 2 aliphatic heterocycles. The van der Waals surface area contributed by atoms with E-state index in [1.807, 2.05) is 0 Å². The van der Waals surface area contributed by atoms with E-state index < -0.39 is 6.10 Å². The number of urea groups is 1. The molecule has 1 aromatic carbocycles. The Morgan fingerprint density at radius 3 is 2.90 bits per heavy atom. The Labute approximate surface area is 170 Å². The fourth-order valence-electron chi connectivity index (χ4n) is 3.78. The summed E-state index contributed by atoms with van der Waals surface area (Å²) in [5, 5.41) is 15.7. The highest BCUT2D eigenvalue weighted by molar-refractivity contribution is 5.89. The lowest BCUT2D eigenvalue weighted by atomic mass is 9.95. The summed E-state index contributed by atoms with van der Waals surface area (Å²) >= 11 is 0. The van der Waals surface area contributed by atoms with Crippen LogP contribution in [0.1, 0.15) is 19.3 Å². The zero-order chi connectivity index (χ0) is 20.8. The third-order valence-corrected chi connectivity index (χ3v) is 5.25. The van der Waals surface area contributed by atoms with Crippen molar-refractivity contribution in [3.05, 3.63) is 24.3 Å². The van der Waals surface area contributed by atoms with Crippen molar-refractivity contribution in [3.8, 4) is 5.75 Å². The Morgan fingerprint density at radius 1 is 1.31 bits per heavy atom. The number of methoxy groups -OCH3 is 1. The highest BCUT2D eigenvalue weighted by atomic mass is 16.5. The minimum absolute atomic E-state index is 0.0803. The minimum Gasteiger partial charge on any atom is -0.497 e. The monoisotopic (exact) mass is 407 g/mol. The molecule has 9 nitrogen and oxygen atoms in total. The van der Waals surface area contributed by atoms with Crippen molar-refractivity contribution in [1.29, 1.82) is 0 Å². The summed E-state index contributed by atoms with van der Waals surface area (Å²) in [6.07, 6.45) is 0.227. The van der Waals surface area contributed by atoms with Crippen molar-refractivity contribution in [3.63, 3.8) is 0 Å². The van der Waals surface area contributed by atoms with Gasteiger partial charge in [-0.25, -0.2) is 4.79 Å². The number of β-amino-alcohol motifs (C(OH)–C–C–N with tert-alkyl or cyclic N) is 1. The van der Waals surface area contributed by atoms with E-state index in [1.54, 1.807) is 43.3 Å². The molecular formula is C20H29N3O6. The van der Waals surface area contributed by atoms with Crippen LogP contribution in [-0.2, 0) is 14.3 Å². The van der Waals surface area contributed by atoms with Gasteiger partial charge >= 0.3 is 6.03 Å². The SMILES string of the molecule is CNC(=O)C[C@H]1CC[C@@H]2[C@H](COC[C@H](O)CN2C(=O)Nc2cccc(OC)c2)O1. The van der Waals surface area contributed by atoms with Gasteiger partial charge in [0.15, 0.2) is 0 Å². The van der Waals surface area contributed by atoms with Crippen LogP contribution in [0.3, 0.4) is 0 Å². The van der Waals surface area contributed by atoms with Crippen molar-refractivity contribution in [1.82, 2.24) is 10.2 Å². The smallest absolute Gasteiger partial charge is 0.322 e. The molecule has 3 amide bonds. The molecule has 4 atom stereocenters. The number of rotatable bonds is 4. The van der Waals surface area contributed by atoms with Gasteiger partial charge in [0.2, 0.25) is 5.91 Å². The number of benzene rings is 1. The number of anilines is 1. The second-order valence-electron chi connectivity index (χ2n) is 7.32. The molecular weight excluding hydrogens is 378 g/mol. The van der Waals surface area contributed by atoms with Crippen LogP contribution in [0.2, 0.25) is 0 Å². The number of carbonyl (C=O) groups is 2. The molecule has 9 heteroatoms. The second kappa shape index (κ2) is 9.91. The van der Waals surface area contributed by atoms with E-state index in [9.17, 15) is 14.7 Å². The predicted molar refractivity (Wildman–Crippen MR) is 106 cm³/mol. The third kappa shape index (κ3) is 5.59. The largest absolute Gasteiger partial charge is 0.497 e. The summed E-state index contributed by atoms with van der Waals surface area (Å²) in [4.78, 5) is 26.4. The molecule has 160 valence electrons. The molecule has 0 radical (unpaired) electrons. The molecule has 1 aromatic rings. The van der Waals surface area contributed by atoms with E-state index in [0.29, 0.717) is 24.3 Å². The van der Waals surface area contributed by atoms with E-state index in [4.69, 9.17) is 14.2 Å². The zero-order valence-corrected chi connectivity index (χ0v) is 16.8. The number of aliphatic hydroxyl groups is 1. The van der Waals surface area contributed by atoms with Gasteiger partial charge in [-0.3, -0.25) is 4.79 Å². The summed E-state index contributed by atoms with van der Waals surface area (Å²) < 4.78 is 16.9. The first kappa shape index (κ1) is 21.4. The maximum absolute atomic E-state index is 13.0. The molecule has 0 bridgehead atoms. The maximum atomic E-state index is 13.0. The van der Waals surface area contributed by atoms with Gasteiger partial charge in [-0.05, 0) is 25.0 Å². The van der Waals surface area contributed by atoms with E-state index in [0.717, 1.165) is 0 Å². The Hall–Kier alpha value is -2.36. The Kier molecular flexibility index (Phi) is 7.29. The van der Waals surface area contributed by atoms with Gasteiger partial charge in [-0.15, -0.1) is 0 Å². The number of carbonyl (C=O) groups excluding carboxylic acids is 2. The van der Waals surface area contributed by atoms with Crippen LogP contribution in [0.25, 0.3) is 0 Å². The zero-order valence-electron chi connectivity index (χ0n) is 16.8. The van der Waals surface area contributed by atoms with E-state index in [1.165, 1.54) is 0 Å². The standard InChI is InChI=1S/C20H29N3O6/c1-21-19(25)9-16-6-7-17-18(29-16)12-28-11-14(24)10-23(17)20(26)22-13-4-3-5-15(8-13)27-2/h3-5,8,14,16-18,24H,6-7,9-12H2,1-2H3,(H,21,25)(H,22,26)/t14-,16-,17-,18+/m1/s1. The Balaban J connectivity index is 1.72. The van der Waals surface area contributed by atoms with Crippen LogP contribution >= 0.6 is 0 Å². The molecule has 2 aliphatic rings. The number of ether oxygens (including phenoxy) is 3. The number of nitrogens with zero attached hydrogens (tertiary/aromatic N) is 1. The molecule has 0 spiro atoms. The molecule has 0 aromatic heterocycles. The fraction of sp³-hybridized carbons (Fsp3) is 0.600. The molecule has 29 heavy (non-hydrogen) atoms. The number of aliphatic hydroxyl groups excluding tert-OH is 1. The van der Waals surface area contributed by atoms with Gasteiger partial charge in [0.1, 0.15) is 11.9 Å². The molecule has 3 rings (SSSR count). The normalized spacial score (nSPS) is 27.2. The van der Waals surface area contributed by atoms with Gasteiger partial charge in [0, 0.05) is 18.8 Å². The van der Waals surface area contributed by atoms with Crippen molar-refractivity contribution in [2.45, 2.75) is 43.6 Å². The minimum atomic E-state index is -0.782. The van der Waals surface area contributed by atoms with Gasteiger partial charge in [0.25, 0.3) is 0 Å². The molecule has 3 N–H and O–H groups in total. The third-order valence-electron chi connectivity index (χ3n) is 5.25. The summed E-state index contributed by atoms with van der Waals surface area (Å²) in [5.74, 6) is 0.558. The highest BCUT2D eigenvalue weighted by Crippen LogP contribution is 2.28. The molecule has 2 saturated heterocycles. The topological polar surface area (TPSA) is 109 Å². The van der Waals surface area contributed by atoms with Crippen molar-refractivity contribution in [2.75, 3.05) is 39.2 Å². The first-order chi connectivity index (χ1) is 14.0. The first-order valence-corrected chi connectivity index (χ1v) is 9.83. The van der Waals surface area contributed by atoms with Crippen LogP contribution in [0.15, 0.2) is 24.3 Å². The number of fused-ring (bicyclic) bond motifs is 1. The van der Waals surface area contributed by atoms with Crippen LogP contribution in [-0.4, -0.2) is 80.2 Å². The maximum Gasteiger partial charge on any atom is 0.322 e. The molecule has 0 aliphatic carbocycles. The predicted octanol–water partition coefficient (Wildman–Crippen LogP) is 0.973. The lowest BCUT2D eigenvalue weighted by molar-refractivity contribution is -0.149. The fourth-order valence-corrected chi connectivity index (χ4v) is 3.78. The van der Waals surface area contributed by atoms with Gasteiger partial charge in [0.05, 0.1) is 51.5 Å². The summed E-state index contributed by atoms with van der Waals surface area (Å²) in [5.41, 5.74) is 0.605. The summed E-state index contributed by atoms with van der Waals surface area (Å²) in [7, 11) is 3.16. The van der Waals surface area contributed by atoms with Crippen LogP contribution in [0.4, 0.5) is 10.5 Å². The molecule has 0 saturated carbocycles. The number of hydrogen-bond donors (Lipinski definition) is 3. The van der Waals surface area contributed by atoms with Gasteiger partial charge < -0.3 is 34.9 Å². The average Bonchev–Trinajstić information content (AvgIpc) is 2.71. The molecule has 2 heterocycles. The van der Waals surface area contributed by atoms with Crippen LogP contribution in [0, 0.1) is 0 Å².